The highest BCUT2D eigenvalue weighted by atomic mass is 32.2. The third-order valence-electron chi connectivity index (χ3n) is 3.53. The van der Waals surface area contributed by atoms with Gasteiger partial charge in [0.15, 0.2) is 5.82 Å². The molecule has 3 rings (SSSR count). The summed E-state index contributed by atoms with van der Waals surface area (Å²) in [4.78, 5) is 16.1. The van der Waals surface area contributed by atoms with Crippen LogP contribution in [0.2, 0.25) is 0 Å². The monoisotopic (exact) mass is 388 g/mol. The van der Waals surface area contributed by atoms with Crippen LogP contribution in [-0.2, 0) is 4.79 Å². The fourth-order valence-corrected chi connectivity index (χ4v) is 3.34. The number of hydrogen-bond acceptors (Lipinski definition) is 7. The van der Waals surface area contributed by atoms with E-state index in [1.165, 1.54) is 0 Å². The number of rotatable bonds is 7. The minimum atomic E-state index is -0.927. The highest BCUT2D eigenvalue weighted by Crippen LogP contribution is 2.31. The Morgan fingerprint density at radius 1 is 1.19 bits per heavy atom. The number of benzene rings is 2. The van der Waals surface area contributed by atoms with E-state index in [1.54, 1.807) is 17.8 Å². The highest BCUT2D eigenvalue weighted by Gasteiger charge is 2.11. The maximum Gasteiger partial charge on any atom is 0.313 e. The van der Waals surface area contributed by atoms with Gasteiger partial charge in [0.05, 0.1) is 11.4 Å². The minimum absolute atomic E-state index is 0.109. The molecule has 26 heavy (non-hydrogen) atoms. The van der Waals surface area contributed by atoms with E-state index in [-0.39, 0.29) is 5.75 Å². The number of aliphatic carboxylic acids is 1. The van der Waals surface area contributed by atoms with Crippen molar-refractivity contribution in [1.82, 2.24) is 15.2 Å². The molecule has 0 amide bonds. The normalized spacial score (nSPS) is 10.7. The van der Waals surface area contributed by atoms with Crippen molar-refractivity contribution in [3.63, 3.8) is 0 Å². The zero-order valence-corrected chi connectivity index (χ0v) is 15.4. The quantitative estimate of drug-likeness (QED) is 0.357. The van der Waals surface area contributed by atoms with Gasteiger partial charge < -0.3 is 5.11 Å². The van der Waals surface area contributed by atoms with E-state index < -0.39 is 5.97 Å². The molecule has 0 atom stereocenters. The minimum Gasteiger partial charge on any atom is -0.481 e. The largest absolute Gasteiger partial charge is 0.481 e. The molecule has 1 aromatic heterocycles. The Bertz CT molecular complexity index is 930. The summed E-state index contributed by atoms with van der Waals surface area (Å²) in [6, 6.07) is 13.6. The summed E-state index contributed by atoms with van der Waals surface area (Å²) in [7, 11) is 0. The zero-order valence-electron chi connectivity index (χ0n) is 13.8. The molecule has 0 aliphatic carbocycles. The summed E-state index contributed by atoms with van der Waals surface area (Å²) in [6.07, 6.45) is 2.01. The van der Waals surface area contributed by atoms with Crippen molar-refractivity contribution in [3.8, 4) is 22.5 Å². The standard InChI is InChI=1S/C17H16N4O3S2/c1-25-14-4-2-3-10(8-14)11-5-12(7-13(6-11)21-24)16-18-17(20-19-16)26-9-15(22)23/h2-8,21,24H,9H2,1H3,(H,22,23)(H,18,19,20). The van der Waals surface area contributed by atoms with Crippen LogP contribution in [0.3, 0.4) is 0 Å². The second-order valence-corrected chi connectivity index (χ2v) is 7.11. The summed E-state index contributed by atoms with van der Waals surface area (Å²) in [6.45, 7) is 0. The molecule has 7 nitrogen and oxygen atoms in total. The molecule has 3 aromatic rings. The Labute approximate surface area is 158 Å². The summed E-state index contributed by atoms with van der Waals surface area (Å²) >= 11 is 2.69. The molecule has 1 heterocycles. The molecule has 134 valence electrons. The van der Waals surface area contributed by atoms with Crippen LogP contribution in [0.25, 0.3) is 22.5 Å². The summed E-state index contributed by atoms with van der Waals surface area (Å²) in [5, 5.41) is 25.3. The van der Waals surface area contributed by atoms with Gasteiger partial charge in [0, 0.05) is 10.5 Å². The van der Waals surface area contributed by atoms with Crippen LogP contribution in [0.1, 0.15) is 0 Å². The number of nitrogens with one attached hydrogen (secondary N) is 2. The molecule has 2 aromatic carbocycles. The Kier molecular flexibility index (Phi) is 5.82. The number of thioether (sulfide) groups is 2. The topological polar surface area (TPSA) is 111 Å². The number of anilines is 1. The first-order valence-corrected chi connectivity index (χ1v) is 9.77. The van der Waals surface area contributed by atoms with Gasteiger partial charge in [0.2, 0.25) is 5.16 Å². The number of aromatic amines is 1. The number of carbonyl (C=O) groups is 1. The lowest BCUT2D eigenvalue weighted by Gasteiger charge is -2.09. The fourth-order valence-electron chi connectivity index (χ4n) is 2.36. The van der Waals surface area contributed by atoms with Crippen molar-refractivity contribution in [2.75, 3.05) is 17.5 Å². The molecule has 0 saturated heterocycles. The molecule has 0 bridgehead atoms. The van der Waals surface area contributed by atoms with Crippen LogP contribution < -0.4 is 5.48 Å². The molecular weight excluding hydrogens is 372 g/mol. The fraction of sp³-hybridized carbons (Fsp3) is 0.118. The van der Waals surface area contributed by atoms with E-state index in [0.29, 0.717) is 16.7 Å². The second kappa shape index (κ2) is 8.26. The van der Waals surface area contributed by atoms with Gasteiger partial charge in [-0.05, 0) is 47.7 Å². The SMILES string of the molecule is CSc1cccc(-c2cc(NO)cc(-c3nc(SCC(=O)O)n[nH]3)c2)c1. The Hall–Kier alpha value is -2.49. The molecule has 9 heteroatoms. The predicted molar refractivity (Wildman–Crippen MR) is 103 cm³/mol. The van der Waals surface area contributed by atoms with E-state index >= 15 is 0 Å². The molecule has 4 N–H and O–H groups in total. The smallest absolute Gasteiger partial charge is 0.313 e. The van der Waals surface area contributed by atoms with Crippen LogP contribution in [0, 0.1) is 0 Å². The third-order valence-corrected chi connectivity index (χ3v) is 5.09. The van der Waals surface area contributed by atoms with Gasteiger partial charge in [-0.2, -0.15) is 0 Å². The van der Waals surface area contributed by atoms with Crippen LogP contribution in [0.15, 0.2) is 52.5 Å². The average Bonchev–Trinajstić information content (AvgIpc) is 3.15. The number of H-pyrrole nitrogens is 1. The summed E-state index contributed by atoms with van der Waals surface area (Å²) < 4.78 is 0. The lowest BCUT2D eigenvalue weighted by atomic mass is 10.0. The summed E-state index contributed by atoms with van der Waals surface area (Å²) in [5.74, 6) is -0.538. The molecule has 0 fully saturated rings. The maximum atomic E-state index is 10.7. The molecule has 0 aliphatic heterocycles. The average molecular weight is 388 g/mol. The molecule has 0 aliphatic rings. The lowest BCUT2D eigenvalue weighted by Crippen LogP contribution is -1.97. The Morgan fingerprint density at radius 3 is 2.73 bits per heavy atom. The van der Waals surface area contributed by atoms with Gasteiger partial charge in [-0.15, -0.1) is 16.9 Å². The molecule has 0 radical (unpaired) electrons. The van der Waals surface area contributed by atoms with Crippen molar-refractivity contribution in [2.45, 2.75) is 10.1 Å². The van der Waals surface area contributed by atoms with E-state index in [9.17, 15) is 10.0 Å². The van der Waals surface area contributed by atoms with Crippen LogP contribution >= 0.6 is 23.5 Å². The van der Waals surface area contributed by atoms with Crippen LogP contribution in [0.5, 0.6) is 0 Å². The molecule has 0 saturated carbocycles. The summed E-state index contributed by atoms with van der Waals surface area (Å²) in [5.41, 5.74) is 5.33. The van der Waals surface area contributed by atoms with Crippen molar-refractivity contribution in [1.29, 1.82) is 0 Å². The maximum absolute atomic E-state index is 10.7. The van der Waals surface area contributed by atoms with E-state index in [0.717, 1.165) is 33.3 Å². The highest BCUT2D eigenvalue weighted by molar-refractivity contribution is 7.99. The first-order chi connectivity index (χ1) is 12.6. The van der Waals surface area contributed by atoms with Gasteiger partial charge in [-0.3, -0.25) is 20.6 Å². The first kappa shape index (κ1) is 18.3. The third kappa shape index (κ3) is 4.37. The van der Waals surface area contributed by atoms with Crippen molar-refractivity contribution in [2.24, 2.45) is 0 Å². The van der Waals surface area contributed by atoms with Gasteiger partial charge in [0.1, 0.15) is 0 Å². The number of carboxylic acid groups (broad SMARTS) is 1. The van der Waals surface area contributed by atoms with Gasteiger partial charge >= 0.3 is 5.97 Å². The van der Waals surface area contributed by atoms with Gasteiger partial charge in [0.25, 0.3) is 0 Å². The van der Waals surface area contributed by atoms with E-state index in [4.69, 9.17) is 5.11 Å². The first-order valence-electron chi connectivity index (χ1n) is 7.56. The van der Waals surface area contributed by atoms with Crippen LogP contribution in [0.4, 0.5) is 5.69 Å². The second-order valence-electron chi connectivity index (χ2n) is 5.29. The Morgan fingerprint density at radius 2 is 2.00 bits per heavy atom. The lowest BCUT2D eigenvalue weighted by molar-refractivity contribution is -0.133. The molecule has 0 unspecified atom stereocenters. The number of hydrogen-bond donors (Lipinski definition) is 4. The van der Waals surface area contributed by atoms with E-state index in [2.05, 4.69) is 26.7 Å². The number of nitrogens with zero attached hydrogens (tertiary/aromatic N) is 2. The molecular formula is C17H16N4O3S2. The van der Waals surface area contributed by atoms with Gasteiger partial charge in [-0.1, -0.05) is 23.9 Å². The van der Waals surface area contributed by atoms with E-state index in [1.807, 2.05) is 36.6 Å². The molecule has 0 spiro atoms. The van der Waals surface area contributed by atoms with Crippen LogP contribution in [-0.4, -0.2) is 43.5 Å². The predicted octanol–water partition coefficient (Wildman–Crippen LogP) is 3.84. The van der Waals surface area contributed by atoms with Crippen molar-refractivity contribution >= 4 is 35.2 Å². The number of aromatic nitrogens is 3. The van der Waals surface area contributed by atoms with Crippen molar-refractivity contribution < 1.29 is 15.1 Å². The Balaban J connectivity index is 1.96. The van der Waals surface area contributed by atoms with Gasteiger partial charge in [-0.25, -0.2) is 4.98 Å². The zero-order chi connectivity index (χ0) is 18.5. The van der Waals surface area contributed by atoms with Crippen molar-refractivity contribution in [3.05, 3.63) is 42.5 Å². The number of carboxylic acids is 1.